The molecular formula is C20H22F2N2O. The zero-order valence-electron chi connectivity index (χ0n) is 14.5. The highest BCUT2D eigenvalue weighted by atomic mass is 19.3. The van der Waals surface area contributed by atoms with E-state index in [0.29, 0.717) is 12.2 Å². The molecule has 5 heteroatoms. The van der Waals surface area contributed by atoms with Crippen molar-refractivity contribution in [2.75, 3.05) is 6.54 Å². The summed E-state index contributed by atoms with van der Waals surface area (Å²) in [7, 11) is 0. The largest absolute Gasteiger partial charge is 0.346 e. The van der Waals surface area contributed by atoms with E-state index in [0.717, 1.165) is 11.1 Å². The van der Waals surface area contributed by atoms with Crippen molar-refractivity contribution in [1.82, 2.24) is 9.47 Å². The molecule has 0 saturated heterocycles. The van der Waals surface area contributed by atoms with Gasteiger partial charge in [0.1, 0.15) is 0 Å². The van der Waals surface area contributed by atoms with Crippen molar-refractivity contribution >= 4 is 12.0 Å². The number of fused-ring (bicyclic) bond motifs is 1. The maximum atomic E-state index is 14.7. The van der Waals surface area contributed by atoms with Gasteiger partial charge in [0.25, 0.3) is 5.91 Å². The molecule has 2 aromatic rings. The Morgan fingerprint density at radius 1 is 1.16 bits per heavy atom. The molecule has 0 bridgehead atoms. The van der Waals surface area contributed by atoms with Gasteiger partial charge in [0, 0.05) is 31.0 Å². The van der Waals surface area contributed by atoms with Crippen molar-refractivity contribution in [3.8, 4) is 0 Å². The molecule has 1 aromatic carbocycles. The van der Waals surface area contributed by atoms with Crippen LogP contribution in [-0.2, 0) is 17.8 Å². The van der Waals surface area contributed by atoms with Crippen molar-refractivity contribution in [1.29, 1.82) is 0 Å². The van der Waals surface area contributed by atoms with Gasteiger partial charge in [-0.05, 0) is 31.0 Å². The number of hydrogen-bond acceptors (Lipinski definition) is 1. The smallest absolute Gasteiger partial charge is 0.330 e. The Hall–Kier alpha value is -2.43. The van der Waals surface area contributed by atoms with Gasteiger partial charge in [-0.15, -0.1) is 0 Å². The van der Waals surface area contributed by atoms with E-state index in [2.05, 4.69) is 0 Å². The topological polar surface area (TPSA) is 25.2 Å². The van der Waals surface area contributed by atoms with Crippen molar-refractivity contribution in [3.63, 3.8) is 0 Å². The normalized spacial score (nSPS) is 18.4. The molecule has 0 spiro atoms. The second-order valence-corrected chi connectivity index (χ2v) is 6.67. The third-order valence-electron chi connectivity index (χ3n) is 4.50. The summed E-state index contributed by atoms with van der Waals surface area (Å²) in [5, 5.41) is 0. The maximum absolute atomic E-state index is 14.7. The van der Waals surface area contributed by atoms with E-state index in [-0.39, 0.29) is 12.6 Å². The first-order valence-electron chi connectivity index (χ1n) is 8.46. The van der Waals surface area contributed by atoms with E-state index >= 15 is 0 Å². The summed E-state index contributed by atoms with van der Waals surface area (Å²) in [6.07, 6.45) is 4.84. The van der Waals surface area contributed by atoms with Crippen molar-refractivity contribution in [2.24, 2.45) is 0 Å². The molecule has 1 amide bonds. The Labute approximate surface area is 146 Å². The van der Waals surface area contributed by atoms with Gasteiger partial charge in [-0.2, -0.15) is 8.78 Å². The number of carbonyl (C=O) groups excluding carboxylic acids is 1. The molecule has 3 rings (SSSR count). The van der Waals surface area contributed by atoms with E-state index in [1.54, 1.807) is 24.5 Å². The molecule has 25 heavy (non-hydrogen) atoms. The molecule has 0 radical (unpaired) electrons. The monoisotopic (exact) mass is 344 g/mol. The van der Waals surface area contributed by atoms with Gasteiger partial charge in [-0.1, -0.05) is 42.5 Å². The van der Waals surface area contributed by atoms with Gasteiger partial charge in [0.05, 0.1) is 6.42 Å². The Bertz CT molecular complexity index is 778. The van der Waals surface area contributed by atoms with Crippen LogP contribution in [0.25, 0.3) is 6.08 Å². The molecule has 0 unspecified atom stereocenters. The van der Waals surface area contributed by atoms with Gasteiger partial charge < -0.3 is 9.47 Å². The van der Waals surface area contributed by atoms with Crippen molar-refractivity contribution in [3.05, 3.63) is 65.5 Å². The predicted molar refractivity (Wildman–Crippen MR) is 94.5 cm³/mol. The third kappa shape index (κ3) is 3.65. The first-order valence-corrected chi connectivity index (χ1v) is 8.46. The Kier molecular flexibility index (Phi) is 4.75. The molecule has 2 heterocycles. The number of carbonyl (C=O) groups is 1. The zero-order valence-corrected chi connectivity index (χ0v) is 14.5. The number of aromatic nitrogens is 1. The quantitative estimate of drug-likeness (QED) is 0.827. The van der Waals surface area contributed by atoms with Crippen LogP contribution in [-0.4, -0.2) is 33.9 Å². The van der Waals surface area contributed by atoms with Crippen molar-refractivity contribution < 1.29 is 13.6 Å². The fourth-order valence-electron chi connectivity index (χ4n) is 3.12. The summed E-state index contributed by atoms with van der Waals surface area (Å²) >= 11 is 0. The van der Waals surface area contributed by atoms with Gasteiger partial charge in [-0.3, -0.25) is 4.79 Å². The molecule has 3 nitrogen and oxygen atoms in total. The third-order valence-corrected chi connectivity index (χ3v) is 4.50. The van der Waals surface area contributed by atoms with Crippen LogP contribution in [0, 0.1) is 0 Å². The standard InChI is InChI=1S/C20H22F2N2O/c1-15(2)24-11-6-9-17-10-12-23(14-16-7-4-3-5-8-16)18(17)13-20(21,22)19(24)25/h3-10,12,15H,11,13-14H2,1-2H3/b9-6-. The molecular weight excluding hydrogens is 322 g/mol. The van der Waals surface area contributed by atoms with Crippen LogP contribution in [0.15, 0.2) is 48.7 Å². The molecule has 132 valence electrons. The summed E-state index contributed by atoms with van der Waals surface area (Å²) in [5.74, 6) is -4.52. The highest BCUT2D eigenvalue weighted by molar-refractivity contribution is 5.84. The Morgan fingerprint density at radius 2 is 1.88 bits per heavy atom. The lowest BCUT2D eigenvalue weighted by molar-refractivity contribution is -0.158. The van der Waals surface area contributed by atoms with E-state index in [4.69, 9.17) is 0 Å². The summed E-state index contributed by atoms with van der Waals surface area (Å²) in [4.78, 5) is 13.6. The lowest BCUT2D eigenvalue weighted by atomic mass is 10.1. The fourth-order valence-corrected chi connectivity index (χ4v) is 3.12. The van der Waals surface area contributed by atoms with Crippen LogP contribution in [0.4, 0.5) is 8.78 Å². The van der Waals surface area contributed by atoms with E-state index in [9.17, 15) is 13.6 Å². The predicted octanol–water partition coefficient (Wildman–Crippen LogP) is 3.98. The minimum Gasteiger partial charge on any atom is -0.346 e. The fraction of sp³-hybridized carbons (Fsp3) is 0.350. The molecule has 1 aliphatic rings. The Morgan fingerprint density at radius 3 is 2.56 bits per heavy atom. The number of hydrogen-bond donors (Lipinski definition) is 0. The van der Waals surface area contributed by atoms with Crippen molar-refractivity contribution in [2.45, 2.75) is 38.8 Å². The number of nitrogens with zero attached hydrogens (tertiary/aromatic N) is 2. The molecule has 0 N–H and O–H groups in total. The van der Waals surface area contributed by atoms with E-state index < -0.39 is 18.3 Å². The van der Waals surface area contributed by atoms with Crippen LogP contribution in [0.5, 0.6) is 0 Å². The zero-order chi connectivity index (χ0) is 18.0. The SMILES string of the molecule is CC(C)N1C/C=C\c2ccn(Cc3ccccc3)c2CC(F)(F)C1=O. The molecule has 0 fully saturated rings. The molecule has 1 aliphatic heterocycles. The average Bonchev–Trinajstić information content (AvgIpc) is 2.93. The first-order chi connectivity index (χ1) is 11.9. The molecule has 0 atom stereocenters. The maximum Gasteiger partial charge on any atom is 0.330 e. The summed E-state index contributed by atoms with van der Waals surface area (Å²) in [5.41, 5.74) is 2.27. The number of rotatable bonds is 3. The van der Waals surface area contributed by atoms with E-state index in [1.165, 1.54) is 4.90 Å². The van der Waals surface area contributed by atoms with Crippen LogP contribution in [0.2, 0.25) is 0 Å². The van der Waals surface area contributed by atoms with E-state index in [1.807, 2.05) is 48.7 Å². The average molecular weight is 344 g/mol. The molecule has 0 saturated carbocycles. The summed E-state index contributed by atoms with van der Waals surface area (Å²) in [6.45, 7) is 4.20. The second-order valence-electron chi connectivity index (χ2n) is 6.67. The minimum absolute atomic E-state index is 0.190. The molecule has 1 aromatic heterocycles. The summed E-state index contributed by atoms with van der Waals surface area (Å²) < 4.78 is 31.2. The number of amides is 1. The highest BCUT2D eigenvalue weighted by Crippen LogP contribution is 2.29. The van der Waals surface area contributed by atoms with Crippen LogP contribution in [0.1, 0.15) is 30.7 Å². The minimum atomic E-state index is -3.42. The van der Waals surface area contributed by atoms with Gasteiger partial charge in [0.15, 0.2) is 0 Å². The van der Waals surface area contributed by atoms with Crippen LogP contribution < -0.4 is 0 Å². The molecule has 0 aliphatic carbocycles. The van der Waals surface area contributed by atoms with Crippen LogP contribution in [0.3, 0.4) is 0 Å². The van der Waals surface area contributed by atoms with Crippen LogP contribution >= 0.6 is 0 Å². The lowest BCUT2D eigenvalue weighted by Crippen LogP contribution is -2.48. The first kappa shape index (κ1) is 17.4. The number of halogens is 2. The second kappa shape index (κ2) is 6.82. The number of benzene rings is 1. The van der Waals surface area contributed by atoms with Gasteiger partial charge in [-0.25, -0.2) is 0 Å². The summed E-state index contributed by atoms with van der Waals surface area (Å²) in [6, 6.07) is 11.2. The highest BCUT2D eigenvalue weighted by Gasteiger charge is 2.44. The van der Waals surface area contributed by atoms with Gasteiger partial charge >= 0.3 is 5.92 Å². The number of alkyl halides is 2. The Balaban J connectivity index is 1.96. The lowest BCUT2D eigenvalue weighted by Gasteiger charge is -2.29. The van der Waals surface area contributed by atoms with Gasteiger partial charge in [0.2, 0.25) is 0 Å².